The molecule has 0 radical (unpaired) electrons. The molecule has 0 saturated carbocycles. The first kappa shape index (κ1) is 21.1. The molecule has 1 aromatic carbocycles. The average molecular weight is 445 g/mol. The molecular formula is C19H16Cl2F2N2O4. The summed E-state index contributed by atoms with van der Waals surface area (Å²) in [7, 11) is 1.34. The number of rotatable bonds is 6. The standard InChI is InChI=1S/C19H16Cl2F2N2O4/c1-3-29-17-10(21)5-4-9(20)13(17)15-16(26)14-11(28-2)6-7-24-18(14)25(19(15)27)8-12(22)23/h4-7,12,26H,3,8H2,1-2H3. The van der Waals surface area contributed by atoms with Crippen LogP contribution in [0.15, 0.2) is 29.2 Å². The molecule has 0 fully saturated rings. The summed E-state index contributed by atoms with van der Waals surface area (Å²) < 4.78 is 38.0. The van der Waals surface area contributed by atoms with Gasteiger partial charge < -0.3 is 14.6 Å². The Morgan fingerprint density at radius 2 is 1.90 bits per heavy atom. The Balaban J connectivity index is 2.54. The molecule has 154 valence electrons. The quantitative estimate of drug-likeness (QED) is 0.593. The van der Waals surface area contributed by atoms with E-state index in [0.717, 1.165) is 4.57 Å². The molecule has 2 heterocycles. The fraction of sp³-hybridized carbons (Fsp3) is 0.263. The van der Waals surface area contributed by atoms with Crippen molar-refractivity contribution in [2.45, 2.75) is 19.9 Å². The van der Waals surface area contributed by atoms with Gasteiger partial charge in [-0.05, 0) is 25.1 Å². The molecule has 2 aromatic heterocycles. The van der Waals surface area contributed by atoms with Crippen LogP contribution in [0, 0.1) is 0 Å². The van der Waals surface area contributed by atoms with Crippen LogP contribution in [-0.2, 0) is 6.54 Å². The smallest absolute Gasteiger partial charge is 0.264 e. The molecule has 6 nitrogen and oxygen atoms in total. The summed E-state index contributed by atoms with van der Waals surface area (Å²) in [5.41, 5.74) is -1.40. The zero-order valence-electron chi connectivity index (χ0n) is 15.4. The summed E-state index contributed by atoms with van der Waals surface area (Å²) in [4.78, 5) is 17.2. The Kier molecular flexibility index (Phi) is 6.14. The van der Waals surface area contributed by atoms with E-state index in [1.165, 1.54) is 31.5 Å². The number of methoxy groups -OCH3 is 1. The van der Waals surface area contributed by atoms with Gasteiger partial charge in [0.05, 0.1) is 41.4 Å². The van der Waals surface area contributed by atoms with Crippen LogP contribution in [0.4, 0.5) is 8.78 Å². The van der Waals surface area contributed by atoms with Crippen molar-refractivity contribution in [3.8, 4) is 28.4 Å². The molecule has 0 amide bonds. The van der Waals surface area contributed by atoms with Crippen molar-refractivity contribution in [3.63, 3.8) is 0 Å². The van der Waals surface area contributed by atoms with Gasteiger partial charge in [0.15, 0.2) is 0 Å². The van der Waals surface area contributed by atoms with E-state index in [2.05, 4.69) is 4.98 Å². The minimum Gasteiger partial charge on any atom is -0.506 e. The maximum Gasteiger partial charge on any atom is 0.264 e. The van der Waals surface area contributed by atoms with Crippen LogP contribution in [0.3, 0.4) is 0 Å². The molecule has 0 unspecified atom stereocenters. The van der Waals surface area contributed by atoms with E-state index in [-0.39, 0.29) is 50.3 Å². The highest BCUT2D eigenvalue weighted by molar-refractivity contribution is 6.37. The molecular weight excluding hydrogens is 429 g/mol. The fourth-order valence-corrected chi connectivity index (χ4v) is 3.53. The Hall–Kier alpha value is -2.58. The third-order valence-corrected chi connectivity index (χ3v) is 4.83. The lowest BCUT2D eigenvalue weighted by molar-refractivity contribution is 0.126. The van der Waals surface area contributed by atoms with E-state index in [1.807, 2.05) is 0 Å². The predicted molar refractivity (Wildman–Crippen MR) is 107 cm³/mol. The zero-order chi connectivity index (χ0) is 21.3. The highest BCUT2D eigenvalue weighted by Crippen LogP contribution is 2.46. The van der Waals surface area contributed by atoms with Crippen molar-refractivity contribution in [3.05, 3.63) is 44.8 Å². The number of hydrogen-bond donors (Lipinski definition) is 1. The maximum atomic E-state index is 13.2. The van der Waals surface area contributed by atoms with Crippen molar-refractivity contribution in [2.75, 3.05) is 13.7 Å². The minimum atomic E-state index is -2.84. The van der Waals surface area contributed by atoms with E-state index < -0.39 is 24.3 Å². The number of pyridine rings is 2. The minimum absolute atomic E-state index is 0.000612. The van der Waals surface area contributed by atoms with Crippen molar-refractivity contribution < 1.29 is 23.4 Å². The molecule has 0 atom stereocenters. The number of alkyl halides is 2. The zero-order valence-corrected chi connectivity index (χ0v) is 16.9. The molecule has 0 saturated heterocycles. The highest BCUT2D eigenvalue weighted by atomic mass is 35.5. The van der Waals surface area contributed by atoms with E-state index >= 15 is 0 Å². The van der Waals surface area contributed by atoms with Gasteiger partial charge in [0.2, 0.25) is 0 Å². The monoisotopic (exact) mass is 444 g/mol. The van der Waals surface area contributed by atoms with Gasteiger partial charge in [-0.2, -0.15) is 0 Å². The van der Waals surface area contributed by atoms with E-state index in [0.29, 0.717) is 0 Å². The largest absolute Gasteiger partial charge is 0.506 e. The van der Waals surface area contributed by atoms with E-state index in [9.17, 15) is 18.7 Å². The molecule has 29 heavy (non-hydrogen) atoms. The molecule has 10 heteroatoms. The SMILES string of the molecule is CCOc1c(Cl)ccc(Cl)c1-c1c(O)c2c(OC)ccnc2n(CC(F)F)c1=O. The van der Waals surface area contributed by atoms with Gasteiger partial charge in [0, 0.05) is 6.20 Å². The van der Waals surface area contributed by atoms with Gasteiger partial charge >= 0.3 is 0 Å². The first-order valence-corrected chi connectivity index (χ1v) is 9.25. The summed E-state index contributed by atoms with van der Waals surface area (Å²) in [5, 5.41) is 11.2. The van der Waals surface area contributed by atoms with Gasteiger partial charge in [-0.25, -0.2) is 13.8 Å². The summed E-state index contributed by atoms with van der Waals surface area (Å²) in [6.07, 6.45) is -1.55. The van der Waals surface area contributed by atoms with Crippen molar-refractivity contribution in [2.24, 2.45) is 0 Å². The van der Waals surface area contributed by atoms with Crippen molar-refractivity contribution in [1.29, 1.82) is 0 Å². The van der Waals surface area contributed by atoms with Crippen LogP contribution in [0.25, 0.3) is 22.2 Å². The van der Waals surface area contributed by atoms with Crippen LogP contribution in [-0.4, -0.2) is 34.8 Å². The lowest BCUT2D eigenvalue weighted by atomic mass is 10.0. The van der Waals surface area contributed by atoms with E-state index in [1.54, 1.807) is 6.92 Å². The molecule has 0 aliphatic rings. The van der Waals surface area contributed by atoms with Crippen LogP contribution in [0.2, 0.25) is 10.0 Å². The molecule has 0 aliphatic carbocycles. The van der Waals surface area contributed by atoms with Gasteiger partial charge in [-0.1, -0.05) is 23.2 Å². The molecule has 3 aromatic rings. The normalized spacial score (nSPS) is 11.3. The number of ether oxygens (including phenoxy) is 2. The van der Waals surface area contributed by atoms with Gasteiger partial charge in [-0.15, -0.1) is 0 Å². The number of aromatic nitrogens is 2. The summed E-state index contributed by atoms with van der Waals surface area (Å²) in [6, 6.07) is 4.32. The number of halogens is 4. The van der Waals surface area contributed by atoms with Gasteiger partial charge in [-0.3, -0.25) is 9.36 Å². The summed E-state index contributed by atoms with van der Waals surface area (Å²) in [5.74, 6) is -0.321. The number of hydrogen-bond acceptors (Lipinski definition) is 5. The first-order valence-electron chi connectivity index (χ1n) is 8.49. The van der Waals surface area contributed by atoms with Crippen LogP contribution >= 0.6 is 23.2 Å². The Labute approximate surface area is 174 Å². The Bertz CT molecular complexity index is 1140. The molecule has 0 bridgehead atoms. The Morgan fingerprint density at radius 1 is 1.21 bits per heavy atom. The molecule has 0 spiro atoms. The molecule has 1 N–H and O–H groups in total. The highest BCUT2D eigenvalue weighted by Gasteiger charge is 2.27. The topological polar surface area (TPSA) is 73.6 Å². The van der Waals surface area contributed by atoms with Crippen LogP contribution in [0.1, 0.15) is 6.92 Å². The second-order valence-corrected chi connectivity index (χ2v) is 6.72. The predicted octanol–water partition coefficient (Wildman–Crippen LogP) is 4.75. The van der Waals surface area contributed by atoms with E-state index in [4.69, 9.17) is 32.7 Å². The summed E-state index contributed by atoms with van der Waals surface area (Å²) in [6.45, 7) is 0.950. The number of fused-ring (bicyclic) bond motifs is 1. The lowest BCUT2D eigenvalue weighted by Gasteiger charge is -2.19. The second-order valence-electron chi connectivity index (χ2n) is 5.91. The van der Waals surface area contributed by atoms with Crippen molar-refractivity contribution >= 4 is 34.2 Å². The number of nitrogens with zero attached hydrogens (tertiary/aromatic N) is 2. The first-order chi connectivity index (χ1) is 13.8. The maximum absolute atomic E-state index is 13.2. The number of aromatic hydroxyl groups is 1. The van der Waals surface area contributed by atoms with Gasteiger partial charge in [0.1, 0.15) is 28.3 Å². The van der Waals surface area contributed by atoms with Crippen LogP contribution in [0.5, 0.6) is 17.2 Å². The molecule has 0 aliphatic heterocycles. The Morgan fingerprint density at radius 3 is 2.52 bits per heavy atom. The molecule has 3 rings (SSSR count). The second kappa shape index (κ2) is 8.42. The third kappa shape index (κ3) is 3.70. The van der Waals surface area contributed by atoms with Crippen molar-refractivity contribution in [1.82, 2.24) is 9.55 Å². The third-order valence-electron chi connectivity index (χ3n) is 4.22. The average Bonchev–Trinajstić information content (AvgIpc) is 2.69. The van der Waals surface area contributed by atoms with Gasteiger partial charge in [0.25, 0.3) is 12.0 Å². The fourth-order valence-electron chi connectivity index (χ4n) is 3.07. The number of benzene rings is 1. The van der Waals surface area contributed by atoms with Crippen LogP contribution < -0.4 is 15.0 Å². The lowest BCUT2D eigenvalue weighted by Crippen LogP contribution is -2.26. The summed E-state index contributed by atoms with van der Waals surface area (Å²) >= 11 is 12.5.